The highest BCUT2D eigenvalue weighted by Gasteiger charge is 2.48. The first-order valence-electron chi connectivity index (χ1n) is 8.32. The van der Waals surface area contributed by atoms with Gasteiger partial charge in [0.15, 0.2) is 5.79 Å². The fraction of sp³-hybridized carbons (Fsp3) is 0.421. The maximum Gasteiger partial charge on any atom is 0.276 e. The second-order valence-electron chi connectivity index (χ2n) is 6.35. The van der Waals surface area contributed by atoms with Crippen LogP contribution in [0.1, 0.15) is 24.4 Å². The van der Waals surface area contributed by atoms with Gasteiger partial charge in [0.2, 0.25) is 0 Å². The van der Waals surface area contributed by atoms with Gasteiger partial charge in [0, 0.05) is 18.9 Å². The number of piperidine rings is 1. The maximum atomic E-state index is 5.99. The fourth-order valence-corrected chi connectivity index (χ4v) is 3.77. The summed E-state index contributed by atoms with van der Waals surface area (Å²) in [6.45, 7) is 2.35. The molecule has 0 saturated carbocycles. The Hall–Kier alpha value is -1.91. The van der Waals surface area contributed by atoms with Crippen molar-refractivity contribution in [3.05, 3.63) is 60.3 Å². The summed E-state index contributed by atoms with van der Waals surface area (Å²) in [6.07, 6.45) is 3.88. The van der Waals surface area contributed by atoms with Crippen molar-refractivity contribution in [2.75, 3.05) is 24.7 Å². The van der Waals surface area contributed by atoms with Gasteiger partial charge in [-0.05, 0) is 11.6 Å². The van der Waals surface area contributed by atoms with E-state index in [1.807, 2.05) is 0 Å². The van der Waals surface area contributed by atoms with Crippen molar-refractivity contribution in [2.24, 2.45) is 7.05 Å². The molecule has 0 radical (unpaired) electrons. The molecule has 1 spiro atoms. The van der Waals surface area contributed by atoms with Crippen LogP contribution in [0.15, 0.2) is 54.7 Å². The van der Waals surface area contributed by atoms with Crippen molar-refractivity contribution < 1.29 is 14.0 Å². The van der Waals surface area contributed by atoms with E-state index in [4.69, 9.17) is 9.47 Å². The molecule has 0 amide bonds. The van der Waals surface area contributed by atoms with Gasteiger partial charge in [0.05, 0.1) is 33.0 Å². The van der Waals surface area contributed by atoms with Gasteiger partial charge in [0.1, 0.15) is 6.04 Å². The fourth-order valence-electron chi connectivity index (χ4n) is 3.77. The zero-order chi connectivity index (χ0) is 15.7. The molecule has 2 aromatic rings. The summed E-state index contributed by atoms with van der Waals surface area (Å²) in [5, 5.41) is 0. The van der Waals surface area contributed by atoms with Crippen molar-refractivity contribution in [3.63, 3.8) is 0 Å². The summed E-state index contributed by atoms with van der Waals surface area (Å²) >= 11 is 0. The van der Waals surface area contributed by atoms with E-state index in [1.165, 1.54) is 11.4 Å². The molecule has 23 heavy (non-hydrogen) atoms. The minimum Gasteiger partial charge on any atom is -0.347 e. The second-order valence-corrected chi connectivity index (χ2v) is 6.35. The lowest BCUT2D eigenvalue weighted by Gasteiger charge is -2.40. The van der Waals surface area contributed by atoms with Crippen LogP contribution in [-0.4, -0.2) is 25.5 Å². The van der Waals surface area contributed by atoms with E-state index in [0.29, 0.717) is 13.2 Å². The van der Waals surface area contributed by atoms with Gasteiger partial charge in [-0.25, -0.2) is 4.57 Å². The molecule has 2 aliphatic rings. The van der Waals surface area contributed by atoms with Crippen molar-refractivity contribution in [2.45, 2.75) is 24.7 Å². The van der Waals surface area contributed by atoms with Crippen molar-refractivity contribution >= 4 is 5.82 Å². The Kier molecular flexibility index (Phi) is 3.79. The number of pyridine rings is 1. The van der Waals surface area contributed by atoms with Gasteiger partial charge in [-0.1, -0.05) is 36.4 Å². The average molecular weight is 311 g/mol. The summed E-state index contributed by atoms with van der Waals surface area (Å²) in [4.78, 5) is 2.48. The normalized spacial score (nSPS) is 23.3. The molecule has 3 heterocycles. The minimum atomic E-state index is -0.398. The number of anilines is 1. The predicted molar refractivity (Wildman–Crippen MR) is 88.0 cm³/mol. The average Bonchev–Trinajstić information content (AvgIpc) is 3.04. The van der Waals surface area contributed by atoms with E-state index in [2.05, 4.69) is 71.2 Å². The Morgan fingerprint density at radius 2 is 1.78 bits per heavy atom. The molecule has 2 saturated heterocycles. The van der Waals surface area contributed by atoms with Crippen LogP contribution < -0.4 is 9.47 Å². The topological polar surface area (TPSA) is 25.6 Å². The predicted octanol–water partition coefficient (Wildman–Crippen LogP) is 2.60. The molecule has 0 bridgehead atoms. The van der Waals surface area contributed by atoms with E-state index in [-0.39, 0.29) is 6.04 Å². The van der Waals surface area contributed by atoms with E-state index in [0.717, 1.165) is 19.4 Å². The first-order valence-corrected chi connectivity index (χ1v) is 8.32. The van der Waals surface area contributed by atoms with Crippen LogP contribution in [0.25, 0.3) is 0 Å². The maximum absolute atomic E-state index is 5.99. The third-order valence-corrected chi connectivity index (χ3v) is 4.93. The molecule has 4 rings (SSSR count). The quantitative estimate of drug-likeness (QED) is 0.797. The van der Waals surface area contributed by atoms with Gasteiger partial charge < -0.3 is 9.47 Å². The monoisotopic (exact) mass is 311 g/mol. The van der Waals surface area contributed by atoms with Gasteiger partial charge >= 0.3 is 0 Å². The number of ether oxygens (including phenoxy) is 2. The first-order chi connectivity index (χ1) is 11.3. The molecular formula is C19H23N2O2+. The van der Waals surface area contributed by atoms with Crippen LogP contribution in [0.5, 0.6) is 0 Å². The Morgan fingerprint density at radius 1 is 1.04 bits per heavy atom. The number of aryl methyl sites for hydroxylation is 1. The number of nitrogens with zero attached hydrogens (tertiary/aromatic N) is 2. The molecule has 2 aliphatic heterocycles. The Morgan fingerprint density at radius 3 is 2.52 bits per heavy atom. The van der Waals surface area contributed by atoms with Gasteiger partial charge in [0.25, 0.3) is 5.82 Å². The van der Waals surface area contributed by atoms with Gasteiger partial charge in [-0.3, -0.25) is 4.90 Å². The lowest BCUT2D eigenvalue weighted by Crippen LogP contribution is -2.50. The summed E-state index contributed by atoms with van der Waals surface area (Å²) in [5.74, 6) is 0.832. The Labute approximate surface area is 137 Å². The lowest BCUT2D eigenvalue weighted by molar-refractivity contribution is -0.659. The molecule has 1 aromatic heterocycles. The highest BCUT2D eigenvalue weighted by atomic mass is 16.7. The summed E-state index contributed by atoms with van der Waals surface area (Å²) < 4.78 is 14.2. The molecule has 2 fully saturated rings. The molecule has 1 atom stereocenters. The van der Waals surface area contributed by atoms with E-state index >= 15 is 0 Å². The molecule has 4 heteroatoms. The molecule has 1 aromatic carbocycles. The Bertz CT molecular complexity index is 668. The Balaban J connectivity index is 1.71. The molecule has 120 valence electrons. The van der Waals surface area contributed by atoms with E-state index < -0.39 is 5.79 Å². The molecule has 1 unspecified atom stereocenters. The first kappa shape index (κ1) is 14.7. The van der Waals surface area contributed by atoms with Crippen molar-refractivity contribution in [1.82, 2.24) is 0 Å². The van der Waals surface area contributed by atoms with Crippen LogP contribution in [-0.2, 0) is 16.5 Å². The third-order valence-electron chi connectivity index (χ3n) is 4.93. The minimum absolute atomic E-state index is 0.261. The summed E-state index contributed by atoms with van der Waals surface area (Å²) in [5.41, 5.74) is 1.31. The zero-order valence-corrected chi connectivity index (χ0v) is 13.5. The molecule has 0 N–H and O–H groups in total. The number of benzene rings is 1. The smallest absolute Gasteiger partial charge is 0.276 e. The van der Waals surface area contributed by atoms with Gasteiger partial charge in [-0.2, -0.15) is 0 Å². The zero-order valence-electron chi connectivity index (χ0n) is 13.5. The van der Waals surface area contributed by atoms with Crippen molar-refractivity contribution in [1.29, 1.82) is 0 Å². The number of rotatable bonds is 2. The largest absolute Gasteiger partial charge is 0.347 e. The van der Waals surface area contributed by atoms with Gasteiger partial charge in [-0.15, -0.1) is 0 Å². The lowest BCUT2D eigenvalue weighted by atomic mass is 9.90. The SMILES string of the molecule is C[n+]1ccccc1N1CCC2(CC1c1ccccc1)OCCO2. The standard InChI is InChI=1S/C19H23N2O2/c1-20-11-6-5-9-18(20)21-12-10-19(22-13-14-23-19)15-17(21)16-7-3-2-4-8-16/h2-9,11,17H,10,12-15H2,1H3/q+1. The van der Waals surface area contributed by atoms with Crippen LogP contribution >= 0.6 is 0 Å². The van der Waals surface area contributed by atoms with Crippen LogP contribution in [0, 0.1) is 0 Å². The molecular weight excluding hydrogens is 288 g/mol. The third kappa shape index (κ3) is 2.73. The summed E-state index contributed by atoms with van der Waals surface area (Å²) in [7, 11) is 2.10. The van der Waals surface area contributed by atoms with Crippen LogP contribution in [0.3, 0.4) is 0 Å². The van der Waals surface area contributed by atoms with E-state index in [1.54, 1.807) is 0 Å². The highest BCUT2D eigenvalue weighted by Crippen LogP contribution is 2.42. The van der Waals surface area contributed by atoms with Crippen molar-refractivity contribution in [3.8, 4) is 0 Å². The number of hydrogen-bond acceptors (Lipinski definition) is 3. The molecule has 4 nitrogen and oxygen atoms in total. The molecule has 0 aliphatic carbocycles. The number of hydrogen-bond donors (Lipinski definition) is 0. The summed E-state index contributed by atoms with van der Waals surface area (Å²) in [6, 6.07) is 17.3. The van der Waals surface area contributed by atoms with Crippen LogP contribution in [0.2, 0.25) is 0 Å². The van der Waals surface area contributed by atoms with E-state index in [9.17, 15) is 0 Å². The van der Waals surface area contributed by atoms with Crippen LogP contribution in [0.4, 0.5) is 5.82 Å². The number of aromatic nitrogens is 1. The second kappa shape index (κ2) is 5.95. The highest BCUT2D eigenvalue weighted by molar-refractivity contribution is 5.40.